The third-order valence-corrected chi connectivity index (χ3v) is 4.28. The smallest absolute Gasteiger partial charge is 0.221 e. The van der Waals surface area contributed by atoms with Gasteiger partial charge in [-0.3, -0.25) is 9.69 Å². The lowest BCUT2D eigenvalue weighted by Crippen LogP contribution is -2.27. The first-order valence-electron chi connectivity index (χ1n) is 7.98. The second-order valence-electron chi connectivity index (χ2n) is 6.01. The topological polar surface area (TPSA) is 55.6 Å². The van der Waals surface area contributed by atoms with Gasteiger partial charge in [0.15, 0.2) is 0 Å². The molecule has 1 aliphatic heterocycles. The lowest BCUT2D eigenvalue weighted by Gasteiger charge is -2.18. The standard InChI is InChI=1S/C19H22N2O2/c20-19(22)17-10-11-21(13-17)12-16-8-4-5-9-18(16)23-14-15-6-2-1-3-7-15/h1-9,17H,10-14H2,(H2,20,22). The van der Waals surface area contributed by atoms with E-state index in [1.165, 1.54) is 0 Å². The Balaban J connectivity index is 1.63. The Hall–Kier alpha value is -2.33. The molecule has 1 fully saturated rings. The molecule has 0 aliphatic carbocycles. The molecule has 1 heterocycles. The molecule has 0 bridgehead atoms. The molecule has 2 N–H and O–H groups in total. The van der Waals surface area contributed by atoms with Crippen molar-refractivity contribution < 1.29 is 9.53 Å². The van der Waals surface area contributed by atoms with Gasteiger partial charge in [0.2, 0.25) is 5.91 Å². The van der Waals surface area contributed by atoms with Gasteiger partial charge in [0.1, 0.15) is 12.4 Å². The number of primary amides is 1. The summed E-state index contributed by atoms with van der Waals surface area (Å²) in [6.45, 7) is 2.99. The van der Waals surface area contributed by atoms with Crippen molar-refractivity contribution in [2.45, 2.75) is 19.6 Å². The van der Waals surface area contributed by atoms with Crippen LogP contribution in [-0.2, 0) is 17.9 Å². The van der Waals surface area contributed by atoms with Gasteiger partial charge in [-0.2, -0.15) is 0 Å². The molecule has 1 aliphatic rings. The largest absolute Gasteiger partial charge is 0.489 e. The van der Waals surface area contributed by atoms with E-state index in [1.54, 1.807) is 0 Å². The molecule has 4 nitrogen and oxygen atoms in total. The van der Waals surface area contributed by atoms with Gasteiger partial charge in [0.25, 0.3) is 0 Å². The van der Waals surface area contributed by atoms with Crippen LogP contribution in [0, 0.1) is 5.92 Å². The van der Waals surface area contributed by atoms with Gasteiger partial charge in [-0.1, -0.05) is 48.5 Å². The number of para-hydroxylation sites is 1. The number of hydrogen-bond acceptors (Lipinski definition) is 3. The first-order chi connectivity index (χ1) is 11.2. The molecule has 4 heteroatoms. The summed E-state index contributed by atoms with van der Waals surface area (Å²) in [5.74, 6) is 0.687. The minimum Gasteiger partial charge on any atom is -0.489 e. The first kappa shape index (κ1) is 15.6. The molecule has 0 radical (unpaired) electrons. The van der Waals surface area contributed by atoms with Crippen molar-refractivity contribution in [3.05, 3.63) is 65.7 Å². The number of likely N-dealkylation sites (tertiary alicyclic amines) is 1. The minimum absolute atomic E-state index is 0.0209. The maximum atomic E-state index is 11.3. The number of nitrogens with zero attached hydrogens (tertiary/aromatic N) is 1. The number of benzene rings is 2. The van der Waals surface area contributed by atoms with Crippen LogP contribution in [0.5, 0.6) is 5.75 Å². The molecule has 1 unspecified atom stereocenters. The summed E-state index contributed by atoms with van der Waals surface area (Å²) < 4.78 is 5.99. The summed E-state index contributed by atoms with van der Waals surface area (Å²) in [5.41, 5.74) is 7.70. The van der Waals surface area contributed by atoms with Crippen LogP contribution in [0.2, 0.25) is 0 Å². The summed E-state index contributed by atoms with van der Waals surface area (Å²) in [7, 11) is 0. The maximum Gasteiger partial charge on any atom is 0.221 e. The van der Waals surface area contributed by atoms with Crippen LogP contribution in [0.3, 0.4) is 0 Å². The fourth-order valence-corrected chi connectivity index (χ4v) is 2.96. The second-order valence-corrected chi connectivity index (χ2v) is 6.01. The summed E-state index contributed by atoms with van der Waals surface area (Å²) in [5, 5.41) is 0. The molecular formula is C19H22N2O2. The highest BCUT2D eigenvalue weighted by Crippen LogP contribution is 2.24. The third kappa shape index (κ3) is 4.11. The van der Waals surface area contributed by atoms with Gasteiger partial charge >= 0.3 is 0 Å². The minimum atomic E-state index is -0.193. The molecule has 0 spiro atoms. The molecule has 2 aromatic carbocycles. The first-order valence-corrected chi connectivity index (χ1v) is 7.98. The van der Waals surface area contributed by atoms with Crippen molar-refractivity contribution >= 4 is 5.91 Å². The van der Waals surface area contributed by atoms with Crippen molar-refractivity contribution in [2.24, 2.45) is 11.7 Å². The van der Waals surface area contributed by atoms with E-state index in [9.17, 15) is 4.79 Å². The van der Waals surface area contributed by atoms with Crippen LogP contribution in [0.25, 0.3) is 0 Å². The zero-order chi connectivity index (χ0) is 16.1. The van der Waals surface area contributed by atoms with Crippen LogP contribution in [0.4, 0.5) is 0 Å². The molecule has 1 saturated heterocycles. The van der Waals surface area contributed by atoms with E-state index in [2.05, 4.69) is 23.1 Å². The van der Waals surface area contributed by atoms with Crippen molar-refractivity contribution in [2.75, 3.05) is 13.1 Å². The quantitative estimate of drug-likeness (QED) is 0.892. The molecule has 0 aromatic heterocycles. The molecule has 0 saturated carbocycles. The average Bonchev–Trinajstić information content (AvgIpc) is 3.04. The van der Waals surface area contributed by atoms with E-state index in [0.717, 1.165) is 42.9 Å². The van der Waals surface area contributed by atoms with E-state index in [1.807, 2.05) is 36.4 Å². The van der Waals surface area contributed by atoms with Crippen molar-refractivity contribution in [3.8, 4) is 5.75 Å². The Kier molecular flexibility index (Phi) is 4.93. The molecule has 3 rings (SSSR count). The number of amides is 1. The molecule has 23 heavy (non-hydrogen) atoms. The highest BCUT2D eigenvalue weighted by Gasteiger charge is 2.26. The molecule has 120 valence electrons. The van der Waals surface area contributed by atoms with E-state index >= 15 is 0 Å². The van der Waals surface area contributed by atoms with E-state index in [-0.39, 0.29) is 11.8 Å². The van der Waals surface area contributed by atoms with Gasteiger partial charge in [-0.05, 0) is 24.6 Å². The van der Waals surface area contributed by atoms with Crippen LogP contribution in [0.1, 0.15) is 17.5 Å². The Morgan fingerprint density at radius 3 is 2.61 bits per heavy atom. The number of carbonyl (C=O) groups is 1. The number of carbonyl (C=O) groups excluding carboxylic acids is 1. The van der Waals surface area contributed by atoms with Crippen LogP contribution >= 0.6 is 0 Å². The predicted octanol–water partition coefficient (Wildman–Crippen LogP) is 2.57. The van der Waals surface area contributed by atoms with Crippen molar-refractivity contribution in [1.29, 1.82) is 0 Å². The highest BCUT2D eigenvalue weighted by atomic mass is 16.5. The monoisotopic (exact) mass is 310 g/mol. The van der Waals surface area contributed by atoms with Crippen molar-refractivity contribution in [1.82, 2.24) is 4.90 Å². The lowest BCUT2D eigenvalue weighted by atomic mass is 10.1. The second kappa shape index (κ2) is 7.29. The summed E-state index contributed by atoms with van der Waals surface area (Å²) >= 11 is 0. The summed E-state index contributed by atoms with van der Waals surface area (Å²) in [6, 6.07) is 18.2. The Morgan fingerprint density at radius 2 is 1.87 bits per heavy atom. The van der Waals surface area contributed by atoms with Gasteiger partial charge in [-0.15, -0.1) is 0 Å². The number of ether oxygens (including phenoxy) is 1. The Labute approximate surface area is 136 Å². The van der Waals surface area contributed by atoms with E-state index in [4.69, 9.17) is 10.5 Å². The van der Waals surface area contributed by atoms with Gasteiger partial charge in [0, 0.05) is 18.7 Å². The van der Waals surface area contributed by atoms with Gasteiger partial charge in [0.05, 0.1) is 5.92 Å². The van der Waals surface area contributed by atoms with Gasteiger partial charge in [-0.25, -0.2) is 0 Å². The highest BCUT2D eigenvalue weighted by molar-refractivity contribution is 5.77. The van der Waals surface area contributed by atoms with Gasteiger partial charge < -0.3 is 10.5 Å². The molecular weight excluding hydrogens is 288 g/mol. The maximum absolute atomic E-state index is 11.3. The number of rotatable bonds is 6. The Bertz CT molecular complexity index is 657. The SMILES string of the molecule is NC(=O)C1CCN(Cc2ccccc2OCc2ccccc2)C1. The summed E-state index contributed by atoms with van der Waals surface area (Å²) in [6.07, 6.45) is 0.850. The zero-order valence-corrected chi connectivity index (χ0v) is 13.2. The summed E-state index contributed by atoms with van der Waals surface area (Å²) in [4.78, 5) is 13.6. The molecule has 1 atom stereocenters. The fraction of sp³-hybridized carbons (Fsp3) is 0.316. The molecule has 2 aromatic rings. The van der Waals surface area contributed by atoms with Crippen LogP contribution in [-0.4, -0.2) is 23.9 Å². The lowest BCUT2D eigenvalue weighted by molar-refractivity contribution is -0.121. The fourth-order valence-electron chi connectivity index (χ4n) is 2.96. The van der Waals surface area contributed by atoms with E-state index in [0.29, 0.717) is 6.61 Å². The average molecular weight is 310 g/mol. The van der Waals surface area contributed by atoms with Crippen LogP contribution in [0.15, 0.2) is 54.6 Å². The van der Waals surface area contributed by atoms with Crippen LogP contribution < -0.4 is 10.5 Å². The predicted molar refractivity (Wildman–Crippen MR) is 89.8 cm³/mol. The Morgan fingerprint density at radius 1 is 1.13 bits per heavy atom. The third-order valence-electron chi connectivity index (χ3n) is 4.28. The van der Waals surface area contributed by atoms with E-state index < -0.39 is 0 Å². The number of nitrogens with two attached hydrogens (primary N) is 1. The van der Waals surface area contributed by atoms with Crippen molar-refractivity contribution in [3.63, 3.8) is 0 Å². The number of hydrogen-bond donors (Lipinski definition) is 1. The zero-order valence-electron chi connectivity index (χ0n) is 13.2. The molecule has 1 amide bonds. The normalized spacial score (nSPS) is 18.0.